The number of nitrogens with zero attached hydrogens (tertiary/aromatic N) is 1. The van der Waals surface area contributed by atoms with Crippen LogP contribution in [-0.2, 0) is 4.79 Å². The molecule has 2 rings (SSSR count). The highest BCUT2D eigenvalue weighted by Gasteiger charge is 2.27. The minimum atomic E-state index is -0.503. The van der Waals surface area contributed by atoms with Crippen LogP contribution in [0.4, 0.5) is 5.69 Å². The molecule has 1 aromatic rings. The second-order valence-electron chi connectivity index (χ2n) is 4.55. The Morgan fingerprint density at radius 2 is 2.06 bits per heavy atom. The molecule has 1 N–H and O–H groups in total. The number of anilines is 1. The average Bonchev–Trinajstić information content (AvgIpc) is 2.27. The molecular formula is C13H17NO2S. The van der Waals surface area contributed by atoms with E-state index in [1.54, 1.807) is 18.7 Å². The predicted octanol–water partition coefficient (Wildman–Crippen LogP) is 2.59. The minimum Gasteiger partial charge on any atom is -0.389 e. The van der Waals surface area contributed by atoms with Gasteiger partial charge >= 0.3 is 0 Å². The van der Waals surface area contributed by atoms with E-state index in [1.807, 2.05) is 36.9 Å². The fourth-order valence-corrected chi connectivity index (χ4v) is 2.90. The summed E-state index contributed by atoms with van der Waals surface area (Å²) in [7, 11) is 0. The van der Waals surface area contributed by atoms with Gasteiger partial charge in [0.2, 0.25) is 5.91 Å². The molecule has 1 unspecified atom stereocenters. The van der Waals surface area contributed by atoms with Crippen LogP contribution < -0.4 is 4.90 Å². The number of hydrogen-bond acceptors (Lipinski definition) is 3. The summed E-state index contributed by atoms with van der Waals surface area (Å²) in [6.07, 6.45) is -0.503. The molecule has 1 aromatic carbocycles. The lowest BCUT2D eigenvalue weighted by Crippen LogP contribution is -2.40. The van der Waals surface area contributed by atoms with Crippen LogP contribution in [-0.4, -0.2) is 22.8 Å². The maximum Gasteiger partial charge on any atom is 0.237 e. The van der Waals surface area contributed by atoms with Gasteiger partial charge in [-0.3, -0.25) is 4.79 Å². The van der Waals surface area contributed by atoms with E-state index in [9.17, 15) is 9.90 Å². The van der Waals surface area contributed by atoms with Gasteiger partial charge in [0.25, 0.3) is 0 Å². The smallest absolute Gasteiger partial charge is 0.237 e. The van der Waals surface area contributed by atoms with Gasteiger partial charge in [0.1, 0.15) is 0 Å². The Labute approximate surface area is 106 Å². The van der Waals surface area contributed by atoms with Gasteiger partial charge in [-0.15, -0.1) is 11.8 Å². The molecule has 0 aliphatic carbocycles. The van der Waals surface area contributed by atoms with Gasteiger partial charge in [-0.05, 0) is 38.5 Å². The summed E-state index contributed by atoms with van der Waals surface area (Å²) in [6, 6.07) is 5.98. The van der Waals surface area contributed by atoms with E-state index in [2.05, 4.69) is 0 Å². The molecule has 0 saturated heterocycles. The Morgan fingerprint density at radius 3 is 2.65 bits per heavy atom. The highest BCUT2D eigenvalue weighted by Crippen LogP contribution is 2.37. The lowest BCUT2D eigenvalue weighted by molar-refractivity contribution is -0.116. The molecule has 1 atom stereocenters. The molecule has 1 aliphatic rings. The van der Waals surface area contributed by atoms with Crippen molar-refractivity contribution in [2.75, 3.05) is 10.7 Å². The van der Waals surface area contributed by atoms with Gasteiger partial charge < -0.3 is 10.0 Å². The normalized spacial score (nSPS) is 17.2. The first-order chi connectivity index (χ1) is 8.00. The molecule has 1 heterocycles. The standard InChI is InChI=1S/C13H17NO2S/c1-8(2)14-11-6-10(9(3)15)4-5-12(11)17-7-13(14)16/h4-6,8-9,15H,7H2,1-3H3. The molecule has 1 amide bonds. The third-order valence-electron chi connectivity index (χ3n) is 2.86. The topological polar surface area (TPSA) is 40.5 Å². The third-order valence-corrected chi connectivity index (χ3v) is 3.91. The van der Waals surface area contributed by atoms with E-state index in [0.29, 0.717) is 5.75 Å². The van der Waals surface area contributed by atoms with E-state index >= 15 is 0 Å². The van der Waals surface area contributed by atoms with Crippen molar-refractivity contribution in [3.8, 4) is 0 Å². The summed E-state index contributed by atoms with van der Waals surface area (Å²) < 4.78 is 0. The van der Waals surface area contributed by atoms with Crippen molar-refractivity contribution in [1.82, 2.24) is 0 Å². The second-order valence-corrected chi connectivity index (χ2v) is 5.57. The summed E-state index contributed by atoms with van der Waals surface area (Å²) in [5.41, 5.74) is 1.78. The van der Waals surface area contributed by atoms with Crippen LogP contribution in [0.25, 0.3) is 0 Å². The molecule has 0 fully saturated rings. The SMILES string of the molecule is CC(O)c1ccc2c(c1)N(C(C)C)C(=O)CS2. The van der Waals surface area contributed by atoms with Crippen molar-refractivity contribution in [2.45, 2.75) is 37.8 Å². The lowest BCUT2D eigenvalue weighted by Gasteiger charge is -2.32. The van der Waals surface area contributed by atoms with Crippen molar-refractivity contribution in [1.29, 1.82) is 0 Å². The number of thioether (sulfide) groups is 1. The van der Waals surface area contributed by atoms with E-state index in [-0.39, 0.29) is 11.9 Å². The summed E-state index contributed by atoms with van der Waals surface area (Å²) in [4.78, 5) is 14.9. The van der Waals surface area contributed by atoms with E-state index in [4.69, 9.17) is 0 Å². The number of carbonyl (C=O) groups is 1. The van der Waals surface area contributed by atoms with Gasteiger partial charge in [-0.25, -0.2) is 0 Å². The molecule has 3 nitrogen and oxygen atoms in total. The number of aliphatic hydroxyl groups is 1. The Balaban J connectivity index is 2.48. The highest BCUT2D eigenvalue weighted by molar-refractivity contribution is 8.00. The number of benzene rings is 1. The Bertz CT molecular complexity index is 443. The number of rotatable bonds is 2. The van der Waals surface area contributed by atoms with Crippen molar-refractivity contribution in [2.24, 2.45) is 0 Å². The fourth-order valence-electron chi connectivity index (χ4n) is 2.01. The van der Waals surface area contributed by atoms with E-state index < -0.39 is 6.10 Å². The first-order valence-corrected chi connectivity index (χ1v) is 6.76. The monoisotopic (exact) mass is 251 g/mol. The van der Waals surface area contributed by atoms with Crippen LogP contribution in [0.5, 0.6) is 0 Å². The average molecular weight is 251 g/mol. The fraction of sp³-hybridized carbons (Fsp3) is 0.462. The summed E-state index contributed by atoms with van der Waals surface area (Å²) in [5.74, 6) is 0.638. The van der Waals surface area contributed by atoms with Crippen LogP contribution in [0.2, 0.25) is 0 Å². The number of hydrogen-bond donors (Lipinski definition) is 1. The van der Waals surface area contributed by atoms with Crippen LogP contribution in [0, 0.1) is 0 Å². The molecule has 0 radical (unpaired) electrons. The van der Waals surface area contributed by atoms with Gasteiger partial charge in [-0.1, -0.05) is 6.07 Å². The van der Waals surface area contributed by atoms with Crippen molar-refractivity contribution < 1.29 is 9.90 Å². The predicted molar refractivity (Wildman–Crippen MR) is 70.4 cm³/mol. The number of amides is 1. The molecule has 92 valence electrons. The Hall–Kier alpha value is -1.000. The maximum atomic E-state index is 11.9. The van der Waals surface area contributed by atoms with Crippen molar-refractivity contribution >= 4 is 23.4 Å². The third kappa shape index (κ3) is 2.33. The maximum absolute atomic E-state index is 11.9. The number of carbonyl (C=O) groups excluding carboxylic acids is 1. The lowest BCUT2D eigenvalue weighted by atomic mass is 10.1. The van der Waals surface area contributed by atoms with Crippen LogP contribution >= 0.6 is 11.8 Å². The molecule has 0 spiro atoms. The zero-order chi connectivity index (χ0) is 12.6. The second kappa shape index (κ2) is 4.70. The van der Waals surface area contributed by atoms with Gasteiger partial charge in [0.15, 0.2) is 0 Å². The van der Waals surface area contributed by atoms with Crippen LogP contribution in [0.3, 0.4) is 0 Å². The molecule has 17 heavy (non-hydrogen) atoms. The largest absolute Gasteiger partial charge is 0.389 e. The van der Waals surface area contributed by atoms with Gasteiger partial charge in [0, 0.05) is 10.9 Å². The zero-order valence-corrected chi connectivity index (χ0v) is 11.1. The highest BCUT2D eigenvalue weighted by atomic mass is 32.2. The quantitative estimate of drug-likeness (QED) is 0.878. The Morgan fingerprint density at radius 1 is 1.35 bits per heavy atom. The molecule has 0 saturated carbocycles. The first kappa shape index (κ1) is 12.5. The van der Waals surface area contributed by atoms with E-state index in [0.717, 1.165) is 16.1 Å². The summed E-state index contributed by atoms with van der Waals surface area (Å²) in [5, 5.41) is 9.61. The molecule has 1 aliphatic heterocycles. The zero-order valence-electron chi connectivity index (χ0n) is 10.3. The summed E-state index contributed by atoms with van der Waals surface area (Å²) in [6.45, 7) is 5.75. The van der Waals surface area contributed by atoms with Crippen molar-refractivity contribution in [3.05, 3.63) is 23.8 Å². The van der Waals surface area contributed by atoms with Crippen LogP contribution in [0.1, 0.15) is 32.4 Å². The molecule has 0 bridgehead atoms. The number of aliphatic hydroxyl groups excluding tert-OH is 1. The first-order valence-electron chi connectivity index (χ1n) is 5.77. The van der Waals surface area contributed by atoms with Crippen molar-refractivity contribution in [3.63, 3.8) is 0 Å². The van der Waals surface area contributed by atoms with E-state index in [1.165, 1.54) is 0 Å². The molecule has 4 heteroatoms. The number of fused-ring (bicyclic) bond motifs is 1. The molecule has 0 aromatic heterocycles. The van der Waals surface area contributed by atoms with Gasteiger partial charge in [-0.2, -0.15) is 0 Å². The van der Waals surface area contributed by atoms with Gasteiger partial charge in [0.05, 0.1) is 17.5 Å². The summed E-state index contributed by atoms with van der Waals surface area (Å²) >= 11 is 1.57. The molecular weight excluding hydrogens is 234 g/mol. The minimum absolute atomic E-state index is 0.139. The Kier molecular flexibility index (Phi) is 3.45. The van der Waals surface area contributed by atoms with Crippen LogP contribution in [0.15, 0.2) is 23.1 Å².